The molecule has 0 unspecified atom stereocenters. The molecule has 6 heteroatoms. The number of aryl methyl sites for hydroxylation is 1. The van der Waals surface area contributed by atoms with Crippen molar-refractivity contribution < 1.29 is 0 Å². The van der Waals surface area contributed by atoms with E-state index in [1.807, 2.05) is 38.3 Å². The lowest BCUT2D eigenvalue weighted by Crippen LogP contribution is -2.44. The van der Waals surface area contributed by atoms with Gasteiger partial charge in [-0.2, -0.15) is 5.10 Å². The molecule has 2 aromatic heterocycles. The van der Waals surface area contributed by atoms with E-state index in [-0.39, 0.29) is 0 Å². The zero-order chi connectivity index (χ0) is 23.9. The van der Waals surface area contributed by atoms with Gasteiger partial charge in [-0.25, -0.2) is 4.98 Å². The summed E-state index contributed by atoms with van der Waals surface area (Å²) in [6, 6.07) is 20.9. The lowest BCUT2D eigenvalue weighted by Gasteiger charge is -2.34. The molecule has 1 aliphatic heterocycles. The number of nitrogens with zero attached hydrogens (tertiary/aromatic N) is 5. The summed E-state index contributed by atoms with van der Waals surface area (Å²) in [7, 11) is 2.18. The Labute approximate surface area is 202 Å². The van der Waals surface area contributed by atoms with E-state index in [0.29, 0.717) is 0 Å². The van der Waals surface area contributed by atoms with Crippen molar-refractivity contribution in [1.29, 1.82) is 0 Å². The van der Waals surface area contributed by atoms with Crippen LogP contribution in [0, 0.1) is 6.92 Å². The van der Waals surface area contributed by atoms with E-state index in [9.17, 15) is 0 Å². The van der Waals surface area contributed by atoms with E-state index in [1.165, 1.54) is 11.3 Å². The monoisotopic (exact) mass is 454 g/mol. The Balaban J connectivity index is 0.00000133. The molecule has 0 bridgehead atoms. The minimum Gasteiger partial charge on any atom is -0.369 e. The molecule has 3 heterocycles. The standard InChI is InChI=1S/C26H28N6.C2H6/c1-20-3-12-26-28-25(19-32(26)18-20)22-6-8-23(9-7-22)29-27-17-21-4-10-24(11-5-21)31-15-13-30(2)14-16-31;1-2/h3-12,17-19,29H,13-16H2,1-2H3;1-2H3/b27-17+;. The summed E-state index contributed by atoms with van der Waals surface area (Å²) >= 11 is 0. The number of imidazole rings is 1. The summed E-state index contributed by atoms with van der Waals surface area (Å²) in [5, 5.41) is 4.40. The Morgan fingerprint density at radius 3 is 2.26 bits per heavy atom. The fraction of sp³-hybridized carbons (Fsp3) is 0.286. The number of hydrogen-bond donors (Lipinski definition) is 1. The van der Waals surface area contributed by atoms with Crippen molar-refractivity contribution in [2.45, 2.75) is 20.8 Å². The number of anilines is 2. The highest BCUT2D eigenvalue weighted by Gasteiger charge is 2.13. The van der Waals surface area contributed by atoms with Crippen molar-refractivity contribution in [2.24, 2.45) is 5.10 Å². The summed E-state index contributed by atoms with van der Waals surface area (Å²) in [4.78, 5) is 9.51. The highest BCUT2D eigenvalue weighted by atomic mass is 15.3. The van der Waals surface area contributed by atoms with Crippen molar-refractivity contribution in [1.82, 2.24) is 14.3 Å². The third-order valence-electron chi connectivity index (χ3n) is 5.95. The summed E-state index contributed by atoms with van der Waals surface area (Å²) < 4.78 is 2.07. The number of aromatic nitrogens is 2. The molecule has 0 radical (unpaired) electrons. The summed E-state index contributed by atoms with van der Waals surface area (Å²) in [5.41, 5.74) is 10.6. The van der Waals surface area contributed by atoms with Gasteiger partial charge >= 0.3 is 0 Å². The molecule has 1 aliphatic rings. The first-order valence-electron chi connectivity index (χ1n) is 12.0. The van der Waals surface area contributed by atoms with Crippen LogP contribution in [0.3, 0.4) is 0 Å². The Morgan fingerprint density at radius 2 is 1.56 bits per heavy atom. The van der Waals surface area contributed by atoms with Crippen LogP contribution < -0.4 is 10.3 Å². The predicted molar refractivity (Wildman–Crippen MR) is 144 cm³/mol. The van der Waals surface area contributed by atoms with Crippen molar-refractivity contribution in [3.05, 3.63) is 84.2 Å². The molecule has 34 heavy (non-hydrogen) atoms. The van der Waals surface area contributed by atoms with E-state index < -0.39 is 0 Å². The number of fused-ring (bicyclic) bond motifs is 1. The van der Waals surface area contributed by atoms with Crippen LogP contribution in [-0.4, -0.2) is 53.7 Å². The number of benzene rings is 2. The van der Waals surface area contributed by atoms with Crippen LogP contribution in [0.5, 0.6) is 0 Å². The zero-order valence-corrected chi connectivity index (χ0v) is 20.6. The smallest absolute Gasteiger partial charge is 0.137 e. The van der Waals surface area contributed by atoms with Crippen molar-refractivity contribution in [2.75, 3.05) is 43.6 Å². The molecule has 176 valence electrons. The first-order valence-corrected chi connectivity index (χ1v) is 12.0. The number of pyridine rings is 1. The van der Waals surface area contributed by atoms with Crippen LogP contribution in [0.4, 0.5) is 11.4 Å². The summed E-state index contributed by atoms with van der Waals surface area (Å²) in [6.07, 6.45) is 6.01. The van der Waals surface area contributed by atoms with Gasteiger partial charge in [0.25, 0.3) is 0 Å². The minimum atomic E-state index is 0.943. The largest absolute Gasteiger partial charge is 0.369 e. The molecule has 5 rings (SSSR count). The van der Waals surface area contributed by atoms with Gasteiger partial charge in [0, 0.05) is 49.8 Å². The molecule has 2 aromatic carbocycles. The van der Waals surface area contributed by atoms with Crippen LogP contribution in [0.2, 0.25) is 0 Å². The van der Waals surface area contributed by atoms with Gasteiger partial charge in [0.15, 0.2) is 0 Å². The molecular weight excluding hydrogens is 420 g/mol. The molecule has 0 atom stereocenters. The van der Waals surface area contributed by atoms with E-state index in [4.69, 9.17) is 4.98 Å². The first-order chi connectivity index (χ1) is 16.6. The molecule has 0 saturated carbocycles. The lowest BCUT2D eigenvalue weighted by atomic mass is 10.1. The molecule has 6 nitrogen and oxygen atoms in total. The highest BCUT2D eigenvalue weighted by molar-refractivity contribution is 5.81. The third-order valence-corrected chi connectivity index (χ3v) is 5.95. The molecule has 0 spiro atoms. The maximum absolute atomic E-state index is 4.71. The van der Waals surface area contributed by atoms with Gasteiger partial charge in [-0.1, -0.05) is 44.2 Å². The zero-order valence-electron chi connectivity index (χ0n) is 20.6. The van der Waals surface area contributed by atoms with Crippen molar-refractivity contribution in [3.8, 4) is 11.3 Å². The highest BCUT2D eigenvalue weighted by Crippen LogP contribution is 2.22. The van der Waals surface area contributed by atoms with Gasteiger partial charge in [0.2, 0.25) is 0 Å². The fourth-order valence-electron chi connectivity index (χ4n) is 3.97. The van der Waals surface area contributed by atoms with Crippen LogP contribution in [0.1, 0.15) is 25.0 Å². The lowest BCUT2D eigenvalue weighted by molar-refractivity contribution is 0.313. The van der Waals surface area contributed by atoms with Crippen molar-refractivity contribution >= 4 is 23.2 Å². The maximum atomic E-state index is 4.71. The van der Waals surface area contributed by atoms with Gasteiger partial charge in [-0.3, -0.25) is 5.43 Å². The summed E-state index contributed by atoms with van der Waals surface area (Å²) in [5.74, 6) is 0. The van der Waals surface area contributed by atoms with E-state index in [1.54, 1.807) is 0 Å². The minimum absolute atomic E-state index is 0.943. The first kappa shape index (κ1) is 23.5. The second kappa shape index (κ2) is 11.0. The quantitative estimate of drug-likeness (QED) is 0.318. The molecule has 1 N–H and O–H groups in total. The number of rotatable bonds is 5. The van der Waals surface area contributed by atoms with Gasteiger partial charge in [0.1, 0.15) is 5.65 Å². The average molecular weight is 455 g/mol. The topological polar surface area (TPSA) is 48.2 Å². The molecular formula is C28H34N6. The fourth-order valence-corrected chi connectivity index (χ4v) is 3.97. The van der Waals surface area contributed by atoms with Gasteiger partial charge in [-0.15, -0.1) is 0 Å². The normalized spacial score (nSPS) is 14.3. The van der Waals surface area contributed by atoms with Gasteiger partial charge < -0.3 is 14.2 Å². The predicted octanol–water partition coefficient (Wildman–Crippen LogP) is 5.53. The molecule has 0 amide bonds. The second-order valence-corrected chi connectivity index (χ2v) is 8.43. The van der Waals surface area contributed by atoms with E-state index in [0.717, 1.165) is 54.3 Å². The number of nitrogens with one attached hydrogen (secondary N) is 1. The SMILES string of the molecule is CC.Cc1ccc2nc(-c3ccc(N/N=C/c4ccc(N5CCN(C)CC5)cc4)cc3)cn2c1. The molecule has 1 fully saturated rings. The molecule has 1 saturated heterocycles. The maximum Gasteiger partial charge on any atom is 0.137 e. The van der Waals surface area contributed by atoms with Gasteiger partial charge in [-0.05, 0) is 55.4 Å². The van der Waals surface area contributed by atoms with Crippen LogP contribution in [0.25, 0.3) is 16.9 Å². The third kappa shape index (κ3) is 5.64. The molecule has 4 aromatic rings. The molecule has 0 aliphatic carbocycles. The Hall–Kier alpha value is -3.64. The average Bonchev–Trinajstić information content (AvgIpc) is 3.30. The number of hydrazone groups is 1. The Kier molecular flexibility index (Phi) is 7.60. The van der Waals surface area contributed by atoms with E-state index in [2.05, 4.69) is 93.6 Å². The van der Waals surface area contributed by atoms with Crippen molar-refractivity contribution in [3.63, 3.8) is 0 Å². The number of likely N-dealkylation sites (N-methyl/N-ethyl adjacent to an activating group) is 1. The summed E-state index contributed by atoms with van der Waals surface area (Å²) in [6.45, 7) is 10.5. The van der Waals surface area contributed by atoms with Crippen LogP contribution in [-0.2, 0) is 0 Å². The van der Waals surface area contributed by atoms with Gasteiger partial charge in [0.05, 0.1) is 17.6 Å². The van der Waals surface area contributed by atoms with Crippen LogP contribution >= 0.6 is 0 Å². The van der Waals surface area contributed by atoms with Crippen LogP contribution in [0.15, 0.2) is 78.2 Å². The Morgan fingerprint density at radius 1 is 0.853 bits per heavy atom. The van der Waals surface area contributed by atoms with E-state index >= 15 is 0 Å². The number of hydrogen-bond acceptors (Lipinski definition) is 5. The number of piperazine rings is 1. The second-order valence-electron chi connectivity index (χ2n) is 8.43. The Bertz CT molecular complexity index is 1220.